The van der Waals surface area contributed by atoms with Gasteiger partial charge in [0.2, 0.25) is 0 Å². The van der Waals surface area contributed by atoms with Crippen LogP contribution in [-0.4, -0.2) is 44.4 Å². The second-order valence-corrected chi connectivity index (χ2v) is 12.7. The average molecular weight is 736 g/mol. The van der Waals surface area contributed by atoms with Crippen molar-refractivity contribution in [3.05, 3.63) is 85.8 Å². The van der Waals surface area contributed by atoms with E-state index in [1.807, 2.05) is 20.8 Å². The zero-order valence-electron chi connectivity index (χ0n) is 23.5. The molecular weight excluding hydrogens is 708 g/mol. The van der Waals surface area contributed by atoms with Crippen molar-refractivity contribution in [2.75, 3.05) is 13.2 Å². The van der Waals surface area contributed by atoms with E-state index in [0.29, 0.717) is 35.8 Å². The molecule has 0 radical (unpaired) electrons. The average Bonchev–Trinajstić information content (AvgIpc) is 2.95. The summed E-state index contributed by atoms with van der Waals surface area (Å²) in [6, 6.07) is 13.4. The first-order chi connectivity index (χ1) is 20.4. The van der Waals surface area contributed by atoms with E-state index in [0.717, 1.165) is 16.9 Å². The number of halogens is 2. The maximum Gasteiger partial charge on any atom is 0.339 e. The van der Waals surface area contributed by atoms with E-state index >= 15 is 0 Å². The smallest absolute Gasteiger partial charge is 0.339 e. The predicted molar refractivity (Wildman–Crippen MR) is 166 cm³/mol. The van der Waals surface area contributed by atoms with Gasteiger partial charge in [-0.1, -0.05) is 30.7 Å². The van der Waals surface area contributed by atoms with Gasteiger partial charge in [0.1, 0.15) is 10.5 Å². The number of nitrogens with zero attached hydrogens (tertiary/aromatic N) is 1. The maximum atomic E-state index is 13.4. The molecule has 1 aliphatic heterocycles. The lowest BCUT2D eigenvalue weighted by Crippen LogP contribution is -2.53. The Hall–Kier alpha value is -3.68. The highest BCUT2D eigenvalue weighted by atomic mass is 79.9. The summed E-state index contributed by atoms with van der Waals surface area (Å²) in [7, 11) is -4.14. The van der Waals surface area contributed by atoms with Crippen molar-refractivity contribution < 1.29 is 36.5 Å². The highest BCUT2D eigenvalue weighted by molar-refractivity contribution is 9.11. The van der Waals surface area contributed by atoms with E-state index in [1.165, 1.54) is 30.3 Å². The van der Waals surface area contributed by atoms with Crippen LogP contribution in [0.15, 0.2) is 74.0 Å². The predicted octanol–water partition coefficient (Wildman–Crippen LogP) is 6.14. The van der Waals surface area contributed by atoms with Crippen LogP contribution in [0.1, 0.15) is 37.0 Å². The highest BCUT2D eigenvalue weighted by Crippen LogP contribution is 2.37. The normalized spacial score (nSPS) is 14.6. The molecule has 0 bridgehead atoms. The number of barbiturate groups is 1. The minimum atomic E-state index is -4.14. The summed E-state index contributed by atoms with van der Waals surface area (Å²) in [5.74, 6) is -0.651. The number of amides is 4. The van der Waals surface area contributed by atoms with Gasteiger partial charge in [0.05, 0.1) is 28.7 Å². The van der Waals surface area contributed by atoms with Gasteiger partial charge in [-0.15, -0.1) is 0 Å². The fraction of sp³-hybridized carbons (Fsp3) is 0.233. The Kier molecular flexibility index (Phi) is 10.3. The Labute approximate surface area is 266 Å². The Morgan fingerprint density at radius 2 is 1.58 bits per heavy atom. The first-order valence-electron chi connectivity index (χ1n) is 13.2. The molecule has 0 aliphatic carbocycles. The number of nitrogens with one attached hydrogen (secondary N) is 1. The second kappa shape index (κ2) is 13.7. The topological polar surface area (TPSA) is 128 Å². The first kappa shape index (κ1) is 32.2. The van der Waals surface area contributed by atoms with E-state index in [2.05, 4.69) is 37.2 Å². The lowest BCUT2D eigenvalue weighted by Gasteiger charge is -2.26. The molecule has 13 heteroatoms. The SMILES string of the molecule is CCCOc1ccc(CN2C(=O)NC(=O)/C(=C\c3cc(Br)c(OS(=O)(=O)c4ccc(C)cc4)c(Br)c3)C2=O)cc1OCC. The van der Waals surface area contributed by atoms with Crippen LogP contribution in [0.5, 0.6) is 17.2 Å². The second-order valence-electron chi connectivity index (χ2n) is 9.44. The maximum absolute atomic E-state index is 13.4. The van der Waals surface area contributed by atoms with Crippen molar-refractivity contribution in [3.8, 4) is 17.2 Å². The van der Waals surface area contributed by atoms with Crippen LogP contribution in [0.4, 0.5) is 4.79 Å². The number of aryl methyl sites for hydroxylation is 1. The third-order valence-corrected chi connectivity index (χ3v) is 8.54. The summed E-state index contributed by atoms with van der Waals surface area (Å²) < 4.78 is 42.9. The molecule has 1 fully saturated rings. The summed E-state index contributed by atoms with van der Waals surface area (Å²) in [6.07, 6.45) is 2.12. The summed E-state index contributed by atoms with van der Waals surface area (Å²) >= 11 is 6.63. The van der Waals surface area contributed by atoms with Gasteiger partial charge in [0.15, 0.2) is 17.2 Å². The van der Waals surface area contributed by atoms with Gasteiger partial charge in [-0.05, 0) is 106 Å². The van der Waals surface area contributed by atoms with Gasteiger partial charge in [-0.3, -0.25) is 19.8 Å². The number of benzene rings is 3. The quantitative estimate of drug-likeness (QED) is 0.141. The van der Waals surface area contributed by atoms with E-state index in [4.69, 9.17) is 13.7 Å². The van der Waals surface area contributed by atoms with E-state index in [9.17, 15) is 22.8 Å². The van der Waals surface area contributed by atoms with Crippen molar-refractivity contribution in [2.45, 2.75) is 38.6 Å². The van der Waals surface area contributed by atoms with E-state index < -0.39 is 28.0 Å². The van der Waals surface area contributed by atoms with Gasteiger partial charge in [-0.25, -0.2) is 4.79 Å². The molecule has 1 saturated heterocycles. The highest BCUT2D eigenvalue weighted by Gasteiger charge is 2.36. The number of urea groups is 1. The molecule has 1 N–H and O–H groups in total. The molecule has 1 heterocycles. The Morgan fingerprint density at radius 1 is 0.907 bits per heavy atom. The number of rotatable bonds is 11. The third-order valence-electron chi connectivity index (χ3n) is 6.13. The fourth-order valence-electron chi connectivity index (χ4n) is 4.04. The molecular formula is C30H28Br2N2O8S. The van der Waals surface area contributed by atoms with Crippen molar-refractivity contribution >= 4 is 65.9 Å². The first-order valence-corrected chi connectivity index (χ1v) is 16.2. The van der Waals surface area contributed by atoms with Gasteiger partial charge in [-0.2, -0.15) is 8.42 Å². The van der Waals surface area contributed by atoms with Crippen molar-refractivity contribution in [2.24, 2.45) is 0 Å². The molecule has 0 atom stereocenters. The summed E-state index contributed by atoms with van der Waals surface area (Å²) in [5, 5.41) is 2.20. The lowest BCUT2D eigenvalue weighted by atomic mass is 10.1. The molecule has 4 amide bonds. The number of carbonyl (C=O) groups excluding carboxylic acids is 3. The molecule has 10 nitrogen and oxygen atoms in total. The molecule has 0 spiro atoms. The molecule has 0 aromatic heterocycles. The number of hydrogen-bond acceptors (Lipinski definition) is 8. The molecule has 4 rings (SSSR count). The van der Waals surface area contributed by atoms with Crippen LogP contribution in [0.3, 0.4) is 0 Å². The van der Waals surface area contributed by atoms with E-state index in [1.54, 1.807) is 30.3 Å². The van der Waals surface area contributed by atoms with Crippen LogP contribution >= 0.6 is 31.9 Å². The Balaban J connectivity index is 1.59. The Morgan fingerprint density at radius 3 is 2.21 bits per heavy atom. The molecule has 43 heavy (non-hydrogen) atoms. The van der Waals surface area contributed by atoms with Crippen molar-refractivity contribution in [1.82, 2.24) is 10.2 Å². The van der Waals surface area contributed by atoms with Crippen LogP contribution in [0.25, 0.3) is 6.08 Å². The van der Waals surface area contributed by atoms with Crippen LogP contribution in [0.2, 0.25) is 0 Å². The number of ether oxygens (including phenoxy) is 2. The largest absolute Gasteiger partial charge is 0.490 e. The summed E-state index contributed by atoms with van der Waals surface area (Å²) in [4.78, 5) is 39.6. The molecule has 226 valence electrons. The van der Waals surface area contributed by atoms with Crippen molar-refractivity contribution in [1.29, 1.82) is 0 Å². The molecule has 3 aromatic carbocycles. The van der Waals surface area contributed by atoms with E-state index in [-0.39, 0.29) is 31.7 Å². The van der Waals surface area contributed by atoms with Crippen molar-refractivity contribution in [3.63, 3.8) is 0 Å². The molecule has 0 unspecified atom stereocenters. The fourth-order valence-corrected chi connectivity index (χ4v) is 6.61. The monoisotopic (exact) mass is 734 g/mol. The van der Waals surface area contributed by atoms with Gasteiger partial charge in [0, 0.05) is 0 Å². The molecule has 1 aliphatic rings. The number of carbonyl (C=O) groups is 3. The van der Waals surface area contributed by atoms with Gasteiger partial charge in [0.25, 0.3) is 11.8 Å². The third kappa shape index (κ3) is 7.64. The standard InChI is InChI=1S/C30H28Br2N2O8S/c1-4-12-41-25-11-8-19(16-26(25)40-5-2)17-34-29(36)22(28(35)33-30(34)37)13-20-14-23(31)27(24(32)15-20)42-43(38,39)21-9-6-18(3)7-10-21/h6-11,13-16H,4-5,12,17H2,1-3H3,(H,33,35,37)/b22-13+. The van der Waals surface area contributed by atoms with Crippen LogP contribution < -0.4 is 19.0 Å². The minimum absolute atomic E-state index is 0.0181. The molecule has 0 saturated carbocycles. The van der Waals surface area contributed by atoms with Gasteiger partial charge < -0.3 is 13.7 Å². The lowest BCUT2D eigenvalue weighted by molar-refractivity contribution is -0.130. The van der Waals surface area contributed by atoms with Gasteiger partial charge >= 0.3 is 16.1 Å². The Bertz CT molecular complexity index is 1680. The van der Waals surface area contributed by atoms with Crippen LogP contribution in [0, 0.1) is 6.92 Å². The summed E-state index contributed by atoms with van der Waals surface area (Å²) in [6.45, 7) is 6.43. The minimum Gasteiger partial charge on any atom is -0.490 e. The van der Waals surface area contributed by atoms with Crippen LogP contribution in [-0.2, 0) is 26.3 Å². The number of imide groups is 2. The zero-order chi connectivity index (χ0) is 31.3. The number of hydrogen-bond donors (Lipinski definition) is 1. The molecule has 3 aromatic rings. The zero-order valence-corrected chi connectivity index (χ0v) is 27.5. The summed E-state index contributed by atoms with van der Waals surface area (Å²) in [5.41, 5.74) is 1.56.